The Balaban J connectivity index is 1.21. The van der Waals surface area contributed by atoms with Crippen molar-refractivity contribution in [1.82, 2.24) is 14.5 Å². The number of para-hydroxylation sites is 2. The Morgan fingerprint density at radius 1 is 0.745 bits per heavy atom. The Bertz CT molecular complexity index is 2340. The van der Waals surface area contributed by atoms with Crippen LogP contribution < -0.4 is 4.90 Å². The lowest BCUT2D eigenvalue weighted by molar-refractivity contribution is 0.375. The molecule has 11 rings (SSSR count). The molecule has 3 heterocycles. The minimum Gasteiger partial charge on any atom is -0.322 e. The molecule has 2 aromatic heterocycles. The van der Waals surface area contributed by atoms with Gasteiger partial charge in [0.15, 0.2) is 5.82 Å². The van der Waals surface area contributed by atoms with Gasteiger partial charge >= 0.3 is 0 Å². The first-order chi connectivity index (χ1) is 25.2. The molecule has 0 N–H and O–H groups in total. The second-order valence-corrected chi connectivity index (χ2v) is 15.9. The summed E-state index contributed by atoms with van der Waals surface area (Å²) in [4.78, 5) is 14.1. The SMILES string of the molecule is CC12C=CCCC1N(c1cc(-n3c4ccccc4c4ccccc43)nc(-c3c(C4C=CCCC4)cccc3C3C4=CCCC43)n1)C1=C2CCC=C1. The lowest BCUT2D eigenvalue weighted by Gasteiger charge is -2.38. The van der Waals surface area contributed by atoms with E-state index in [2.05, 4.69) is 132 Å². The molecule has 1 aliphatic heterocycles. The summed E-state index contributed by atoms with van der Waals surface area (Å²) in [7, 11) is 0. The Morgan fingerprint density at radius 3 is 2.33 bits per heavy atom. The number of aromatic nitrogens is 3. The molecule has 0 saturated heterocycles. The van der Waals surface area contributed by atoms with Gasteiger partial charge in [-0.2, -0.15) is 0 Å². The largest absolute Gasteiger partial charge is 0.322 e. The molecule has 6 aliphatic rings. The van der Waals surface area contributed by atoms with Crippen molar-refractivity contribution in [2.75, 3.05) is 4.90 Å². The van der Waals surface area contributed by atoms with Crippen molar-refractivity contribution < 1.29 is 0 Å². The molecule has 0 radical (unpaired) electrons. The molecule has 4 nitrogen and oxygen atoms in total. The van der Waals surface area contributed by atoms with Crippen LogP contribution in [0.25, 0.3) is 39.0 Å². The van der Waals surface area contributed by atoms with E-state index in [-0.39, 0.29) is 5.41 Å². The van der Waals surface area contributed by atoms with E-state index in [1.54, 1.807) is 11.1 Å². The van der Waals surface area contributed by atoms with Crippen LogP contribution in [0.3, 0.4) is 0 Å². The van der Waals surface area contributed by atoms with E-state index >= 15 is 0 Å². The Hall–Kier alpha value is -4.96. The van der Waals surface area contributed by atoms with E-state index in [4.69, 9.17) is 9.97 Å². The van der Waals surface area contributed by atoms with Gasteiger partial charge in [0.1, 0.15) is 11.6 Å². The van der Waals surface area contributed by atoms with E-state index in [1.807, 2.05) is 0 Å². The first kappa shape index (κ1) is 29.7. The zero-order chi connectivity index (χ0) is 33.7. The fraction of sp³-hybridized carbons (Fsp3) is 0.319. The van der Waals surface area contributed by atoms with Gasteiger partial charge in [-0.1, -0.05) is 104 Å². The molecule has 5 aromatic rings. The highest BCUT2D eigenvalue weighted by atomic mass is 15.3. The minimum atomic E-state index is 0.00432. The van der Waals surface area contributed by atoms with Crippen molar-refractivity contribution in [3.05, 3.63) is 143 Å². The van der Waals surface area contributed by atoms with E-state index < -0.39 is 0 Å². The summed E-state index contributed by atoms with van der Waals surface area (Å²) in [5.74, 6) is 4.38. The van der Waals surface area contributed by atoms with Gasteiger partial charge in [-0.25, -0.2) is 9.97 Å². The molecule has 1 fully saturated rings. The predicted octanol–water partition coefficient (Wildman–Crippen LogP) is 11.6. The van der Waals surface area contributed by atoms with Crippen molar-refractivity contribution in [3.63, 3.8) is 0 Å². The first-order valence-electron chi connectivity index (χ1n) is 19.4. The minimum absolute atomic E-state index is 0.00432. The highest BCUT2D eigenvalue weighted by molar-refractivity contribution is 6.09. The smallest absolute Gasteiger partial charge is 0.164 e. The summed E-state index contributed by atoms with van der Waals surface area (Å²) in [5, 5.41) is 2.51. The molecule has 51 heavy (non-hydrogen) atoms. The Labute approximate surface area is 300 Å². The quantitative estimate of drug-likeness (QED) is 0.175. The zero-order valence-corrected chi connectivity index (χ0v) is 29.4. The van der Waals surface area contributed by atoms with Crippen LogP contribution in [0.4, 0.5) is 5.82 Å². The maximum Gasteiger partial charge on any atom is 0.164 e. The second-order valence-electron chi connectivity index (χ2n) is 15.9. The van der Waals surface area contributed by atoms with E-state index in [0.29, 0.717) is 23.8 Å². The molecule has 0 spiro atoms. The van der Waals surface area contributed by atoms with Gasteiger partial charge in [0.25, 0.3) is 0 Å². The molecule has 3 aromatic carbocycles. The number of hydrogen-bond donors (Lipinski definition) is 0. The zero-order valence-electron chi connectivity index (χ0n) is 29.4. The van der Waals surface area contributed by atoms with E-state index in [9.17, 15) is 0 Å². The monoisotopic (exact) mass is 664 g/mol. The highest BCUT2D eigenvalue weighted by Gasteiger charge is 2.50. The van der Waals surface area contributed by atoms with Crippen molar-refractivity contribution in [2.24, 2.45) is 11.3 Å². The van der Waals surface area contributed by atoms with Gasteiger partial charge < -0.3 is 4.90 Å². The van der Waals surface area contributed by atoms with Crippen LogP contribution in [-0.2, 0) is 0 Å². The number of anilines is 1. The number of hydrogen-bond acceptors (Lipinski definition) is 3. The average molecular weight is 665 g/mol. The van der Waals surface area contributed by atoms with E-state index in [1.165, 1.54) is 76.3 Å². The summed E-state index contributed by atoms with van der Waals surface area (Å²) < 4.78 is 2.40. The van der Waals surface area contributed by atoms with Crippen molar-refractivity contribution in [1.29, 1.82) is 0 Å². The van der Waals surface area contributed by atoms with Gasteiger partial charge in [0, 0.05) is 51.4 Å². The van der Waals surface area contributed by atoms with Crippen LogP contribution >= 0.6 is 0 Å². The van der Waals surface area contributed by atoms with Crippen LogP contribution in [0.2, 0.25) is 0 Å². The summed E-state index contributed by atoms with van der Waals surface area (Å²) in [5.41, 5.74) is 11.0. The van der Waals surface area contributed by atoms with Crippen LogP contribution in [0.1, 0.15) is 87.7 Å². The van der Waals surface area contributed by atoms with Gasteiger partial charge in [-0.15, -0.1) is 0 Å². The standard InChI is InChI=1S/C47H44N4/c1-47-28-12-11-27-41(47)51(40-26-10-7-23-37(40)47)43-29-42(50-38-24-8-5-17-32(38)33-18-6-9-25-39(33)50)48-46(49-43)45-31(30-15-3-2-4-16-30)19-13-22-36(45)44-34-20-14-21-35(34)44/h3,5-6,8-10,12-13,15,17-20,22,24-26,28-30,35,41,44H,2,4,7,11,14,16,21,23,27H2,1H3. The number of fused-ring (bicyclic) bond motifs is 6. The van der Waals surface area contributed by atoms with Crippen LogP contribution in [0, 0.1) is 11.3 Å². The van der Waals surface area contributed by atoms with Gasteiger partial charge in [-0.3, -0.25) is 4.57 Å². The predicted molar refractivity (Wildman–Crippen MR) is 209 cm³/mol. The Kier molecular flexibility index (Phi) is 6.57. The third-order valence-electron chi connectivity index (χ3n) is 13.2. The van der Waals surface area contributed by atoms with Crippen LogP contribution in [-0.4, -0.2) is 20.6 Å². The van der Waals surface area contributed by atoms with E-state index in [0.717, 1.165) is 43.1 Å². The van der Waals surface area contributed by atoms with Crippen molar-refractivity contribution >= 4 is 27.6 Å². The fourth-order valence-corrected chi connectivity index (χ4v) is 10.8. The normalized spacial score (nSPS) is 27.6. The van der Waals surface area contributed by atoms with Gasteiger partial charge in [0.2, 0.25) is 0 Å². The average Bonchev–Trinajstić information content (AvgIpc) is 3.43. The molecule has 0 amide bonds. The van der Waals surface area contributed by atoms with Gasteiger partial charge in [0.05, 0.1) is 11.0 Å². The molecular formula is C47H44N4. The molecule has 5 atom stereocenters. The number of allylic oxidation sites excluding steroid dienone is 7. The second kappa shape index (κ2) is 11.3. The lowest BCUT2D eigenvalue weighted by Crippen LogP contribution is -2.41. The van der Waals surface area contributed by atoms with Crippen molar-refractivity contribution in [2.45, 2.75) is 82.6 Å². The first-order valence-corrected chi connectivity index (χ1v) is 19.4. The van der Waals surface area contributed by atoms with Crippen molar-refractivity contribution in [3.8, 4) is 17.2 Å². The molecule has 5 aliphatic carbocycles. The lowest BCUT2D eigenvalue weighted by atomic mass is 9.71. The van der Waals surface area contributed by atoms with Gasteiger partial charge in [-0.05, 0) is 98.6 Å². The molecule has 5 unspecified atom stereocenters. The maximum absolute atomic E-state index is 5.75. The third kappa shape index (κ3) is 4.38. The summed E-state index contributed by atoms with van der Waals surface area (Å²) >= 11 is 0. The molecule has 0 bridgehead atoms. The molecular weight excluding hydrogens is 621 g/mol. The Morgan fingerprint density at radius 2 is 1.55 bits per heavy atom. The number of benzene rings is 3. The summed E-state index contributed by atoms with van der Waals surface area (Å²) in [6.07, 6.45) is 27.5. The molecule has 1 saturated carbocycles. The fourth-order valence-electron chi connectivity index (χ4n) is 10.8. The number of rotatable bonds is 5. The van der Waals surface area contributed by atoms with Crippen LogP contribution in [0.5, 0.6) is 0 Å². The number of nitrogens with zero attached hydrogens (tertiary/aromatic N) is 4. The van der Waals surface area contributed by atoms with Crippen LogP contribution in [0.15, 0.2) is 132 Å². The summed E-state index contributed by atoms with van der Waals surface area (Å²) in [6.45, 7) is 2.47. The highest BCUT2D eigenvalue weighted by Crippen LogP contribution is 2.62. The molecule has 4 heteroatoms. The topological polar surface area (TPSA) is 34.0 Å². The maximum atomic E-state index is 5.75. The molecule has 252 valence electrons. The third-order valence-corrected chi connectivity index (χ3v) is 13.2. The summed E-state index contributed by atoms with van der Waals surface area (Å²) in [6, 6.07) is 27.4.